The van der Waals surface area contributed by atoms with E-state index in [2.05, 4.69) is 20.5 Å². The number of unbranched alkanes of at least 4 members (excludes halogenated alkanes) is 5. The number of alkyl carbamates (subject to hydrolysis) is 1. The van der Waals surface area contributed by atoms with E-state index < -0.39 is 24.2 Å². The minimum Gasteiger partial charge on any atom is -0.506 e. The van der Waals surface area contributed by atoms with Gasteiger partial charge in [-0.1, -0.05) is 74.2 Å². The Morgan fingerprint density at radius 1 is 0.885 bits per heavy atom. The second-order valence-corrected chi connectivity index (χ2v) is 14.1. The van der Waals surface area contributed by atoms with E-state index in [4.69, 9.17) is 4.74 Å². The van der Waals surface area contributed by atoms with E-state index >= 15 is 0 Å². The highest BCUT2D eigenvalue weighted by Gasteiger charge is 2.37. The molecule has 3 unspecified atom stereocenters. The molecule has 276 valence electrons. The van der Waals surface area contributed by atoms with E-state index in [9.17, 15) is 29.7 Å². The van der Waals surface area contributed by atoms with Crippen molar-refractivity contribution in [3.8, 4) is 5.75 Å². The maximum atomic E-state index is 13.4. The molecular formula is C41H50N4O7. The summed E-state index contributed by atoms with van der Waals surface area (Å²) in [6.45, 7) is 3.96. The first-order chi connectivity index (χ1) is 25.3. The molecule has 4 aromatic rings. The summed E-state index contributed by atoms with van der Waals surface area (Å²) in [6, 6.07) is 20.6. The van der Waals surface area contributed by atoms with Crippen molar-refractivity contribution in [3.63, 3.8) is 0 Å². The Morgan fingerprint density at radius 3 is 2.37 bits per heavy atom. The number of hydrogen-bond acceptors (Lipinski definition) is 8. The van der Waals surface area contributed by atoms with E-state index in [1.54, 1.807) is 24.3 Å². The Morgan fingerprint density at radius 2 is 1.63 bits per heavy atom. The molecule has 1 amide bonds. The number of carbonyl (C=O) groups excluding carboxylic acids is 1. The first-order valence-corrected chi connectivity index (χ1v) is 18.6. The van der Waals surface area contributed by atoms with Crippen molar-refractivity contribution >= 4 is 23.0 Å². The number of amides is 1. The number of phenols is 1. The van der Waals surface area contributed by atoms with Crippen LogP contribution in [0, 0.1) is 5.92 Å². The monoisotopic (exact) mass is 710 g/mol. The van der Waals surface area contributed by atoms with Crippen LogP contribution < -0.4 is 16.2 Å². The number of fused-ring (bicyclic) bond motifs is 4. The molecule has 0 saturated carbocycles. The second kappa shape index (κ2) is 17.7. The molecule has 3 aromatic carbocycles. The molecule has 3 atom stereocenters. The summed E-state index contributed by atoms with van der Waals surface area (Å²) >= 11 is 0. The van der Waals surface area contributed by atoms with Gasteiger partial charge in [0.05, 0.1) is 23.2 Å². The van der Waals surface area contributed by atoms with Crippen LogP contribution >= 0.6 is 0 Å². The summed E-state index contributed by atoms with van der Waals surface area (Å²) < 4.78 is 5.99. The number of piperidine rings is 3. The van der Waals surface area contributed by atoms with Crippen LogP contribution in [0.5, 0.6) is 5.75 Å². The van der Waals surface area contributed by atoms with E-state index in [0.29, 0.717) is 35.3 Å². The van der Waals surface area contributed by atoms with Crippen LogP contribution in [-0.4, -0.2) is 76.1 Å². The highest BCUT2D eigenvalue weighted by molar-refractivity contribution is 5.90. The molecule has 0 aliphatic carbocycles. The number of hydrogen-bond donors (Lipinski definition) is 6. The number of aromatic amines is 1. The molecule has 11 nitrogen and oxygen atoms in total. The average molecular weight is 711 g/mol. The Balaban J connectivity index is 0.987. The summed E-state index contributed by atoms with van der Waals surface area (Å²) in [6.07, 6.45) is 7.03. The molecule has 4 heterocycles. The molecule has 52 heavy (non-hydrogen) atoms. The lowest BCUT2D eigenvalue weighted by atomic mass is 9.86. The van der Waals surface area contributed by atoms with Crippen LogP contribution in [0.25, 0.3) is 10.9 Å². The number of aromatic nitrogens is 1. The van der Waals surface area contributed by atoms with Crippen molar-refractivity contribution in [1.29, 1.82) is 0 Å². The number of ether oxygens (including phenoxy) is 1. The third kappa shape index (κ3) is 9.20. The van der Waals surface area contributed by atoms with Gasteiger partial charge in [-0.3, -0.25) is 9.69 Å². The number of aliphatic hydroxyl groups is 1. The lowest BCUT2D eigenvalue weighted by Crippen LogP contribution is -2.52. The van der Waals surface area contributed by atoms with Gasteiger partial charge in [0, 0.05) is 24.5 Å². The predicted octanol–water partition coefficient (Wildman–Crippen LogP) is 6.05. The molecule has 3 aliphatic heterocycles. The van der Waals surface area contributed by atoms with Crippen molar-refractivity contribution in [2.75, 3.05) is 32.7 Å². The van der Waals surface area contributed by atoms with Crippen LogP contribution in [0.2, 0.25) is 0 Å². The zero-order valence-electron chi connectivity index (χ0n) is 29.6. The van der Waals surface area contributed by atoms with Gasteiger partial charge in [-0.25, -0.2) is 9.59 Å². The SMILES string of the molecule is O=C(NC(c1ccccc1)c1cccc(C(=O)O)c1CCCCCCCCNCC(O)c1ccc(O)c2[nH]c(=O)ccc12)OC1CN2CCC1CC2. The fraction of sp³-hybridized carbons (Fsp3) is 0.439. The summed E-state index contributed by atoms with van der Waals surface area (Å²) in [5.74, 6) is -0.633. The van der Waals surface area contributed by atoms with Gasteiger partial charge in [0.25, 0.3) is 0 Å². The molecule has 0 spiro atoms. The maximum Gasteiger partial charge on any atom is 0.408 e. The first kappa shape index (κ1) is 37.1. The number of carboxylic acid groups (broad SMARTS) is 1. The van der Waals surface area contributed by atoms with E-state index in [1.165, 1.54) is 12.1 Å². The van der Waals surface area contributed by atoms with Gasteiger partial charge in [-0.05, 0) is 98.1 Å². The summed E-state index contributed by atoms with van der Waals surface area (Å²) in [5.41, 5.74) is 3.28. The summed E-state index contributed by atoms with van der Waals surface area (Å²) in [7, 11) is 0. The fourth-order valence-electron chi connectivity index (χ4n) is 7.83. The highest BCUT2D eigenvalue weighted by Crippen LogP contribution is 2.32. The van der Waals surface area contributed by atoms with Gasteiger partial charge in [0.1, 0.15) is 11.9 Å². The van der Waals surface area contributed by atoms with Gasteiger partial charge < -0.3 is 35.7 Å². The first-order valence-electron chi connectivity index (χ1n) is 18.6. The normalized spacial score (nSPS) is 19.3. The number of rotatable bonds is 17. The third-order valence-corrected chi connectivity index (χ3v) is 10.6. The van der Waals surface area contributed by atoms with Crippen molar-refractivity contribution in [2.45, 2.75) is 76.0 Å². The van der Waals surface area contributed by atoms with Crippen molar-refractivity contribution < 1.29 is 29.6 Å². The quantitative estimate of drug-likeness (QED) is 0.0717. The van der Waals surface area contributed by atoms with Gasteiger partial charge in [-0.15, -0.1) is 0 Å². The highest BCUT2D eigenvalue weighted by atomic mass is 16.6. The van der Waals surface area contributed by atoms with E-state index in [1.807, 2.05) is 36.4 Å². The fourth-order valence-corrected chi connectivity index (χ4v) is 7.83. The zero-order chi connectivity index (χ0) is 36.5. The van der Waals surface area contributed by atoms with Crippen LogP contribution in [0.4, 0.5) is 4.79 Å². The van der Waals surface area contributed by atoms with Crippen LogP contribution in [0.3, 0.4) is 0 Å². The zero-order valence-corrected chi connectivity index (χ0v) is 29.6. The Bertz CT molecular complexity index is 1870. The number of carbonyl (C=O) groups is 2. The molecule has 6 N–H and O–H groups in total. The van der Waals surface area contributed by atoms with E-state index in [0.717, 1.165) is 94.2 Å². The predicted molar refractivity (Wildman–Crippen MR) is 200 cm³/mol. The van der Waals surface area contributed by atoms with E-state index in [-0.39, 0.29) is 23.0 Å². The lowest BCUT2D eigenvalue weighted by Gasteiger charge is -2.44. The van der Waals surface area contributed by atoms with Crippen LogP contribution in [0.1, 0.15) is 96.1 Å². The molecule has 0 radical (unpaired) electrons. The van der Waals surface area contributed by atoms with Crippen molar-refractivity contribution in [1.82, 2.24) is 20.5 Å². The van der Waals surface area contributed by atoms with Crippen LogP contribution in [-0.2, 0) is 11.2 Å². The minimum atomic E-state index is -0.982. The topological polar surface area (TPSA) is 164 Å². The number of H-pyrrole nitrogens is 1. The number of aromatic carboxylic acids is 1. The Hall–Kier alpha value is -4.71. The molecular weight excluding hydrogens is 660 g/mol. The third-order valence-electron chi connectivity index (χ3n) is 10.6. The smallest absolute Gasteiger partial charge is 0.408 e. The molecule has 1 aromatic heterocycles. The van der Waals surface area contributed by atoms with Gasteiger partial charge in [0.2, 0.25) is 5.56 Å². The second-order valence-electron chi connectivity index (χ2n) is 14.1. The van der Waals surface area contributed by atoms with Gasteiger partial charge in [0.15, 0.2) is 0 Å². The number of nitrogens with one attached hydrogen (secondary N) is 3. The number of benzene rings is 3. The summed E-state index contributed by atoms with van der Waals surface area (Å²) in [4.78, 5) is 42.4. The average Bonchev–Trinajstić information content (AvgIpc) is 3.15. The number of pyridine rings is 1. The Kier molecular flexibility index (Phi) is 12.6. The summed E-state index contributed by atoms with van der Waals surface area (Å²) in [5, 5.41) is 38.1. The molecule has 7 rings (SSSR count). The minimum absolute atomic E-state index is 0.0341. The molecule has 11 heteroatoms. The Labute approximate surface area is 304 Å². The number of carboxylic acids is 1. The van der Waals surface area contributed by atoms with Gasteiger partial charge in [-0.2, -0.15) is 0 Å². The number of phenolic OH excluding ortho intramolecular Hbond substituents is 1. The van der Waals surface area contributed by atoms with Crippen LogP contribution in [0.15, 0.2) is 77.6 Å². The molecule has 3 aliphatic rings. The van der Waals surface area contributed by atoms with Crippen molar-refractivity contribution in [3.05, 3.63) is 111 Å². The van der Waals surface area contributed by atoms with Gasteiger partial charge >= 0.3 is 12.1 Å². The van der Waals surface area contributed by atoms with Crippen molar-refractivity contribution in [2.24, 2.45) is 5.92 Å². The molecule has 3 fully saturated rings. The molecule has 3 saturated heterocycles. The standard InChI is InChI=1S/C41H50N4O7/c46-34-18-16-30(32-17-19-37(48)43-39(32)34)35(47)25-42-22-9-4-2-1-3-8-13-29-31(14-10-15-33(29)40(49)50)38(28-11-6-5-7-12-28)44-41(51)52-36-26-45-23-20-27(36)21-24-45/h5-7,10-12,14-19,27,35-36,38,42,46-47H,1-4,8-9,13,20-26H2,(H,43,48)(H,44,51)(H,49,50). The largest absolute Gasteiger partial charge is 0.506 e. The number of aromatic hydroxyl groups is 1. The molecule has 2 bridgehead atoms. The number of aliphatic hydroxyl groups excluding tert-OH is 1. The number of nitrogens with zero attached hydrogens (tertiary/aromatic N) is 1. The lowest BCUT2D eigenvalue weighted by molar-refractivity contribution is -0.0336. The maximum absolute atomic E-state index is 13.4.